The molecule has 1 fully saturated rings. The topological polar surface area (TPSA) is 77.6 Å². The van der Waals surface area contributed by atoms with Gasteiger partial charge in [0, 0.05) is 18.8 Å². The third kappa shape index (κ3) is 2.99. The summed E-state index contributed by atoms with van der Waals surface area (Å²) in [7, 11) is 1.44. The molecule has 122 valence electrons. The molecule has 1 atom stereocenters. The highest BCUT2D eigenvalue weighted by Gasteiger charge is 2.32. The molecule has 0 bridgehead atoms. The van der Waals surface area contributed by atoms with E-state index in [1.165, 1.54) is 11.7 Å². The smallest absolute Gasteiger partial charge is 0.293 e. The van der Waals surface area contributed by atoms with Crippen LogP contribution in [0.15, 0.2) is 33.7 Å². The van der Waals surface area contributed by atoms with Crippen LogP contribution in [0.2, 0.25) is 0 Å². The fraction of sp³-hybridized carbons (Fsp3) is 0.438. The first-order valence-electron chi connectivity index (χ1n) is 7.56. The molecule has 0 aliphatic carbocycles. The van der Waals surface area contributed by atoms with E-state index in [1.807, 2.05) is 13.0 Å². The molecule has 1 unspecified atom stereocenters. The zero-order chi connectivity index (χ0) is 16.4. The molecule has 2 aromatic rings. The highest BCUT2D eigenvalue weighted by molar-refractivity contribution is 5.76. The molecule has 3 heterocycles. The van der Waals surface area contributed by atoms with Crippen molar-refractivity contribution >= 4 is 5.91 Å². The first-order chi connectivity index (χ1) is 11.1. The molecule has 3 rings (SSSR count). The second-order valence-electron chi connectivity index (χ2n) is 5.63. The number of amides is 1. The zero-order valence-electron chi connectivity index (χ0n) is 13.2. The lowest BCUT2D eigenvalue weighted by molar-refractivity contribution is -0.133. The van der Waals surface area contributed by atoms with Crippen molar-refractivity contribution in [2.45, 2.75) is 32.4 Å². The van der Waals surface area contributed by atoms with Crippen molar-refractivity contribution < 1.29 is 14.1 Å². The maximum atomic E-state index is 12.6. The predicted molar refractivity (Wildman–Crippen MR) is 82.2 cm³/mol. The minimum absolute atomic E-state index is 0.0142. The summed E-state index contributed by atoms with van der Waals surface area (Å²) in [6.45, 7) is 2.49. The Morgan fingerprint density at radius 1 is 1.52 bits per heavy atom. The monoisotopic (exact) mass is 317 g/mol. The molecule has 0 radical (unpaired) electrons. The number of rotatable bonds is 4. The number of likely N-dealkylation sites (tertiary alicyclic amines) is 1. The maximum absolute atomic E-state index is 12.6. The molecule has 23 heavy (non-hydrogen) atoms. The second kappa shape index (κ2) is 6.28. The van der Waals surface area contributed by atoms with Crippen LogP contribution < -0.4 is 10.3 Å². The van der Waals surface area contributed by atoms with Gasteiger partial charge in [-0.3, -0.25) is 9.59 Å². The number of aryl methyl sites for hydroxylation is 1. The van der Waals surface area contributed by atoms with Crippen LogP contribution in [0.3, 0.4) is 0 Å². The van der Waals surface area contributed by atoms with Crippen molar-refractivity contribution in [1.29, 1.82) is 0 Å². The lowest BCUT2D eigenvalue weighted by Crippen LogP contribution is -2.36. The SMILES string of the molecule is COc1cccn(CC(=O)N2CCCC2c2cc(C)no2)c1=O. The van der Waals surface area contributed by atoms with Crippen LogP contribution >= 0.6 is 0 Å². The van der Waals surface area contributed by atoms with Crippen LogP contribution in [0.1, 0.15) is 30.3 Å². The molecule has 1 aliphatic heterocycles. The van der Waals surface area contributed by atoms with Crippen molar-refractivity contribution in [2.75, 3.05) is 13.7 Å². The normalized spacial score (nSPS) is 17.5. The van der Waals surface area contributed by atoms with Crippen molar-refractivity contribution in [3.8, 4) is 5.75 Å². The van der Waals surface area contributed by atoms with E-state index in [1.54, 1.807) is 23.2 Å². The van der Waals surface area contributed by atoms with Crippen LogP contribution in [0.5, 0.6) is 5.75 Å². The third-order valence-corrected chi connectivity index (χ3v) is 4.06. The largest absolute Gasteiger partial charge is 0.491 e. The van der Waals surface area contributed by atoms with Gasteiger partial charge >= 0.3 is 0 Å². The van der Waals surface area contributed by atoms with Crippen LogP contribution in [-0.2, 0) is 11.3 Å². The van der Waals surface area contributed by atoms with E-state index >= 15 is 0 Å². The van der Waals surface area contributed by atoms with Crippen LogP contribution in [0.25, 0.3) is 0 Å². The van der Waals surface area contributed by atoms with Gasteiger partial charge in [-0.25, -0.2) is 0 Å². The summed E-state index contributed by atoms with van der Waals surface area (Å²) in [5.41, 5.74) is 0.484. The molecule has 2 aromatic heterocycles. The van der Waals surface area contributed by atoms with Crippen molar-refractivity contribution in [3.05, 3.63) is 46.2 Å². The molecule has 1 aliphatic rings. The molecular formula is C16H19N3O4. The van der Waals surface area contributed by atoms with Crippen LogP contribution in [-0.4, -0.2) is 34.2 Å². The second-order valence-corrected chi connectivity index (χ2v) is 5.63. The van der Waals surface area contributed by atoms with Gasteiger partial charge in [0.25, 0.3) is 5.56 Å². The van der Waals surface area contributed by atoms with Gasteiger partial charge in [-0.2, -0.15) is 0 Å². The van der Waals surface area contributed by atoms with E-state index in [4.69, 9.17) is 9.26 Å². The van der Waals surface area contributed by atoms with Gasteiger partial charge < -0.3 is 18.7 Å². The van der Waals surface area contributed by atoms with Gasteiger partial charge in [-0.15, -0.1) is 0 Å². The summed E-state index contributed by atoms with van der Waals surface area (Å²) in [4.78, 5) is 26.5. The Hall–Kier alpha value is -2.57. The zero-order valence-corrected chi connectivity index (χ0v) is 13.2. The summed E-state index contributed by atoms with van der Waals surface area (Å²) < 4.78 is 11.7. The first kappa shape index (κ1) is 15.3. The Kier molecular flexibility index (Phi) is 4.18. The number of methoxy groups -OCH3 is 1. The van der Waals surface area contributed by atoms with E-state index in [9.17, 15) is 9.59 Å². The number of hydrogen-bond acceptors (Lipinski definition) is 5. The Morgan fingerprint density at radius 3 is 3.04 bits per heavy atom. The average molecular weight is 317 g/mol. The molecular weight excluding hydrogens is 298 g/mol. The molecule has 0 aromatic carbocycles. The van der Waals surface area contributed by atoms with E-state index in [0.29, 0.717) is 12.3 Å². The summed E-state index contributed by atoms with van der Waals surface area (Å²) in [6, 6.07) is 5.02. The van der Waals surface area contributed by atoms with Gasteiger partial charge in [0.2, 0.25) is 5.91 Å². The number of pyridine rings is 1. The molecule has 0 saturated carbocycles. The molecule has 1 amide bonds. The molecule has 0 N–H and O–H groups in total. The Labute approximate surface area is 133 Å². The number of carbonyl (C=O) groups excluding carboxylic acids is 1. The van der Waals surface area contributed by atoms with Gasteiger partial charge in [-0.05, 0) is 31.9 Å². The number of carbonyl (C=O) groups is 1. The quantitative estimate of drug-likeness (QED) is 0.854. The molecule has 1 saturated heterocycles. The van der Waals surface area contributed by atoms with Crippen LogP contribution in [0, 0.1) is 6.92 Å². The average Bonchev–Trinajstić information content (AvgIpc) is 3.17. The predicted octanol–water partition coefficient (Wildman–Crippen LogP) is 1.52. The number of ether oxygens (including phenoxy) is 1. The molecule has 7 heteroatoms. The number of nitrogens with zero attached hydrogens (tertiary/aromatic N) is 3. The summed E-state index contributed by atoms with van der Waals surface area (Å²) in [5, 5.41) is 3.89. The van der Waals surface area contributed by atoms with Gasteiger partial charge in [0.1, 0.15) is 6.54 Å². The summed E-state index contributed by atoms with van der Waals surface area (Å²) in [5.74, 6) is 0.812. The van der Waals surface area contributed by atoms with E-state index in [0.717, 1.165) is 18.5 Å². The summed E-state index contributed by atoms with van der Waals surface area (Å²) >= 11 is 0. The Balaban J connectivity index is 1.79. The van der Waals surface area contributed by atoms with Crippen LogP contribution in [0.4, 0.5) is 0 Å². The standard InChI is InChI=1S/C16H19N3O4/c1-11-9-14(23-17-11)12-5-3-8-19(12)15(20)10-18-7-4-6-13(22-2)16(18)21/h4,6-7,9,12H,3,5,8,10H2,1-2H3. The lowest BCUT2D eigenvalue weighted by Gasteiger charge is -2.23. The highest BCUT2D eigenvalue weighted by Crippen LogP contribution is 2.32. The van der Waals surface area contributed by atoms with E-state index in [2.05, 4.69) is 5.16 Å². The van der Waals surface area contributed by atoms with E-state index < -0.39 is 0 Å². The number of aromatic nitrogens is 2. The van der Waals surface area contributed by atoms with E-state index in [-0.39, 0.29) is 29.8 Å². The Bertz CT molecular complexity index is 765. The molecule has 0 spiro atoms. The van der Waals surface area contributed by atoms with Crippen molar-refractivity contribution in [1.82, 2.24) is 14.6 Å². The third-order valence-electron chi connectivity index (χ3n) is 4.06. The van der Waals surface area contributed by atoms with Gasteiger partial charge in [0.15, 0.2) is 11.5 Å². The minimum atomic E-state index is -0.311. The maximum Gasteiger partial charge on any atom is 0.293 e. The lowest BCUT2D eigenvalue weighted by atomic mass is 10.1. The van der Waals surface area contributed by atoms with Gasteiger partial charge in [0.05, 0.1) is 18.8 Å². The fourth-order valence-corrected chi connectivity index (χ4v) is 2.93. The Morgan fingerprint density at radius 2 is 2.35 bits per heavy atom. The summed E-state index contributed by atoms with van der Waals surface area (Å²) in [6.07, 6.45) is 3.34. The first-order valence-corrected chi connectivity index (χ1v) is 7.56. The molecule has 7 nitrogen and oxygen atoms in total. The number of hydrogen-bond donors (Lipinski definition) is 0. The highest BCUT2D eigenvalue weighted by atomic mass is 16.5. The minimum Gasteiger partial charge on any atom is -0.491 e. The fourth-order valence-electron chi connectivity index (χ4n) is 2.93. The van der Waals surface area contributed by atoms with Gasteiger partial charge in [-0.1, -0.05) is 5.16 Å². The van der Waals surface area contributed by atoms with Crippen molar-refractivity contribution in [3.63, 3.8) is 0 Å². The van der Waals surface area contributed by atoms with Crippen molar-refractivity contribution in [2.24, 2.45) is 0 Å².